The SMILES string of the molecule is COc1ccc(C(=O)CC(N)CC(C)(C)C)cc1. The van der Waals surface area contributed by atoms with Crippen LogP contribution >= 0.6 is 0 Å². The molecular formula is C15H23NO2. The number of ketones is 1. The fraction of sp³-hybridized carbons (Fsp3) is 0.533. The zero-order valence-electron chi connectivity index (χ0n) is 11.7. The van der Waals surface area contributed by atoms with Gasteiger partial charge in [0.05, 0.1) is 7.11 Å². The predicted octanol–water partition coefficient (Wildman–Crippen LogP) is 3.03. The van der Waals surface area contributed by atoms with Gasteiger partial charge < -0.3 is 10.5 Å². The molecule has 0 aromatic heterocycles. The third-order valence-electron chi connectivity index (χ3n) is 2.73. The summed E-state index contributed by atoms with van der Waals surface area (Å²) in [6, 6.07) is 7.07. The second-order valence-electron chi connectivity index (χ2n) is 5.88. The van der Waals surface area contributed by atoms with Gasteiger partial charge in [-0.2, -0.15) is 0 Å². The topological polar surface area (TPSA) is 52.3 Å². The Labute approximate surface area is 109 Å². The molecule has 0 fully saturated rings. The number of ether oxygens (including phenoxy) is 1. The molecule has 100 valence electrons. The van der Waals surface area contributed by atoms with Crippen molar-refractivity contribution in [3.8, 4) is 5.75 Å². The molecule has 0 aliphatic rings. The van der Waals surface area contributed by atoms with E-state index in [0.29, 0.717) is 12.0 Å². The zero-order valence-corrected chi connectivity index (χ0v) is 11.7. The maximum Gasteiger partial charge on any atom is 0.164 e. The second kappa shape index (κ2) is 6.01. The van der Waals surface area contributed by atoms with E-state index in [1.165, 1.54) is 0 Å². The molecule has 1 aromatic rings. The minimum atomic E-state index is -0.0837. The van der Waals surface area contributed by atoms with Crippen molar-refractivity contribution in [1.82, 2.24) is 0 Å². The van der Waals surface area contributed by atoms with Crippen LogP contribution in [0, 0.1) is 5.41 Å². The molecule has 2 N–H and O–H groups in total. The lowest BCUT2D eigenvalue weighted by Crippen LogP contribution is -2.28. The quantitative estimate of drug-likeness (QED) is 0.816. The van der Waals surface area contributed by atoms with Crippen LogP contribution in [0.2, 0.25) is 0 Å². The Hall–Kier alpha value is -1.35. The summed E-state index contributed by atoms with van der Waals surface area (Å²) < 4.78 is 5.06. The van der Waals surface area contributed by atoms with Crippen LogP contribution < -0.4 is 10.5 Å². The number of hydrogen-bond acceptors (Lipinski definition) is 3. The van der Waals surface area contributed by atoms with Crippen LogP contribution in [0.25, 0.3) is 0 Å². The molecule has 0 saturated heterocycles. The van der Waals surface area contributed by atoms with Gasteiger partial charge in [0.25, 0.3) is 0 Å². The molecule has 0 bridgehead atoms. The smallest absolute Gasteiger partial charge is 0.164 e. The van der Waals surface area contributed by atoms with Crippen molar-refractivity contribution in [1.29, 1.82) is 0 Å². The third-order valence-corrected chi connectivity index (χ3v) is 2.73. The highest BCUT2D eigenvalue weighted by atomic mass is 16.5. The van der Waals surface area contributed by atoms with Crippen molar-refractivity contribution < 1.29 is 9.53 Å². The highest BCUT2D eigenvalue weighted by molar-refractivity contribution is 5.96. The molecule has 3 heteroatoms. The third kappa shape index (κ3) is 4.88. The minimum Gasteiger partial charge on any atom is -0.497 e. The number of nitrogens with two attached hydrogens (primary N) is 1. The summed E-state index contributed by atoms with van der Waals surface area (Å²) in [6.07, 6.45) is 1.23. The first kappa shape index (κ1) is 14.7. The van der Waals surface area contributed by atoms with Crippen LogP contribution in [0.15, 0.2) is 24.3 Å². The first-order chi connectivity index (χ1) is 8.31. The first-order valence-electron chi connectivity index (χ1n) is 6.24. The van der Waals surface area contributed by atoms with Gasteiger partial charge in [0.15, 0.2) is 5.78 Å². The van der Waals surface area contributed by atoms with Gasteiger partial charge in [-0.25, -0.2) is 0 Å². The number of rotatable bonds is 5. The maximum absolute atomic E-state index is 12.0. The summed E-state index contributed by atoms with van der Waals surface area (Å²) in [6.45, 7) is 6.39. The lowest BCUT2D eigenvalue weighted by atomic mass is 9.86. The zero-order chi connectivity index (χ0) is 13.8. The summed E-state index contributed by atoms with van der Waals surface area (Å²) >= 11 is 0. The Balaban J connectivity index is 2.59. The summed E-state index contributed by atoms with van der Waals surface area (Å²) in [5.74, 6) is 0.847. The molecule has 0 saturated carbocycles. The molecule has 1 atom stereocenters. The second-order valence-corrected chi connectivity index (χ2v) is 5.88. The Kier molecular flexibility index (Phi) is 4.91. The number of carbonyl (C=O) groups excluding carboxylic acids is 1. The monoisotopic (exact) mass is 249 g/mol. The lowest BCUT2D eigenvalue weighted by Gasteiger charge is -2.22. The van der Waals surface area contributed by atoms with Gasteiger partial charge in [0.1, 0.15) is 5.75 Å². The molecule has 0 aliphatic heterocycles. The number of methoxy groups -OCH3 is 1. The van der Waals surface area contributed by atoms with E-state index >= 15 is 0 Å². The summed E-state index contributed by atoms with van der Waals surface area (Å²) in [5, 5.41) is 0. The normalized spacial score (nSPS) is 13.2. The fourth-order valence-corrected chi connectivity index (χ4v) is 1.99. The molecule has 0 heterocycles. The molecule has 1 aromatic carbocycles. The Morgan fingerprint density at radius 1 is 1.28 bits per heavy atom. The average molecular weight is 249 g/mol. The van der Waals surface area contributed by atoms with Crippen molar-refractivity contribution in [2.24, 2.45) is 11.1 Å². The van der Waals surface area contributed by atoms with Crippen LogP contribution in [0.1, 0.15) is 44.0 Å². The number of carbonyl (C=O) groups is 1. The van der Waals surface area contributed by atoms with E-state index in [-0.39, 0.29) is 17.2 Å². The average Bonchev–Trinajstić information content (AvgIpc) is 2.26. The van der Waals surface area contributed by atoms with Gasteiger partial charge in [-0.3, -0.25) is 4.79 Å². The van der Waals surface area contributed by atoms with Crippen molar-refractivity contribution in [3.05, 3.63) is 29.8 Å². The lowest BCUT2D eigenvalue weighted by molar-refractivity contribution is 0.0968. The largest absolute Gasteiger partial charge is 0.497 e. The summed E-state index contributed by atoms with van der Waals surface area (Å²) in [7, 11) is 1.61. The van der Waals surface area contributed by atoms with Gasteiger partial charge in [0, 0.05) is 18.0 Å². The van der Waals surface area contributed by atoms with Crippen molar-refractivity contribution in [2.75, 3.05) is 7.11 Å². The van der Waals surface area contributed by atoms with E-state index in [9.17, 15) is 4.79 Å². The van der Waals surface area contributed by atoms with E-state index in [0.717, 1.165) is 12.2 Å². The van der Waals surface area contributed by atoms with Crippen LogP contribution in [0.3, 0.4) is 0 Å². The molecule has 0 spiro atoms. The molecule has 1 unspecified atom stereocenters. The Bertz CT molecular complexity index is 390. The Morgan fingerprint density at radius 2 is 1.83 bits per heavy atom. The van der Waals surface area contributed by atoms with E-state index in [2.05, 4.69) is 20.8 Å². The van der Waals surface area contributed by atoms with Gasteiger partial charge in [0.2, 0.25) is 0 Å². The highest BCUT2D eigenvalue weighted by Gasteiger charge is 2.18. The van der Waals surface area contributed by atoms with Gasteiger partial charge >= 0.3 is 0 Å². The molecule has 0 aliphatic carbocycles. The van der Waals surface area contributed by atoms with Crippen LogP contribution in [0.5, 0.6) is 5.75 Å². The van der Waals surface area contributed by atoms with Crippen LogP contribution in [-0.2, 0) is 0 Å². The van der Waals surface area contributed by atoms with E-state index in [4.69, 9.17) is 10.5 Å². The van der Waals surface area contributed by atoms with Crippen molar-refractivity contribution >= 4 is 5.78 Å². The fourth-order valence-electron chi connectivity index (χ4n) is 1.99. The van der Waals surface area contributed by atoms with Crippen molar-refractivity contribution in [3.63, 3.8) is 0 Å². The van der Waals surface area contributed by atoms with Gasteiger partial charge in [-0.05, 0) is 36.1 Å². The maximum atomic E-state index is 12.0. The van der Waals surface area contributed by atoms with E-state index in [1.807, 2.05) is 0 Å². The molecular weight excluding hydrogens is 226 g/mol. The number of benzene rings is 1. The van der Waals surface area contributed by atoms with E-state index in [1.54, 1.807) is 31.4 Å². The number of hydrogen-bond donors (Lipinski definition) is 1. The molecule has 0 radical (unpaired) electrons. The molecule has 18 heavy (non-hydrogen) atoms. The highest BCUT2D eigenvalue weighted by Crippen LogP contribution is 2.22. The van der Waals surface area contributed by atoms with Gasteiger partial charge in [-0.1, -0.05) is 20.8 Å². The minimum absolute atomic E-state index is 0.0837. The van der Waals surface area contributed by atoms with E-state index < -0.39 is 0 Å². The molecule has 3 nitrogen and oxygen atoms in total. The summed E-state index contributed by atoms with van der Waals surface area (Å²) in [4.78, 5) is 12.0. The van der Waals surface area contributed by atoms with Crippen LogP contribution in [-0.4, -0.2) is 18.9 Å². The molecule has 1 rings (SSSR count). The standard InChI is InChI=1S/C15H23NO2/c1-15(2,3)10-12(16)9-14(17)11-5-7-13(18-4)8-6-11/h5-8,12H,9-10,16H2,1-4H3. The Morgan fingerprint density at radius 3 is 2.28 bits per heavy atom. The molecule has 0 amide bonds. The van der Waals surface area contributed by atoms with Gasteiger partial charge in [-0.15, -0.1) is 0 Å². The van der Waals surface area contributed by atoms with Crippen molar-refractivity contribution in [2.45, 2.75) is 39.7 Å². The predicted molar refractivity (Wildman–Crippen MR) is 74.0 cm³/mol. The summed E-state index contributed by atoms with van der Waals surface area (Å²) in [5.41, 5.74) is 6.86. The van der Waals surface area contributed by atoms with Crippen LogP contribution in [0.4, 0.5) is 0 Å². The number of Topliss-reactive ketones (excluding diaryl/α,β-unsaturated/α-hetero) is 1. The first-order valence-corrected chi connectivity index (χ1v) is 6.24.